The second-order valence-corrected chi connectivity index (χ2v) is 6.68. The van der Waals surface area contributed by atoms with Crippen molar-refractivity contribution in [1.82, 2.24) is 9.55 Å². The average Bonchev–Trinajstić information content (AvgIpc) is 3.10. The van der Waals surface area contributed by atoms with Crippen LogP contribution in [0.2, 0.25) is 0 Å². The van der Waals surface area contributed by atoms with Gasteiger partial charge in [0.2, 0.25) is 0 Å². The Morgan fingerprint density at radius 2 is 2.15 bits per heavy atom. The predicted molar refractivity (Wildman–Crippen MR) is 92.7 cm³/mol. The monoisotopic (exact) mass is 362 g/mol. The molecule has 1 aromatic heterocycles. The summed E-state index contributed by atoms with van der Waals surface area (Å²) in [6.07, 6.45) is 3.87. The maximum Gasteiger partial charge on any atom is 0.417 e. The van der Waals surface area contributed by atoms with Gasteiger partial charge in [-0.2, -0.15) is 18.4 Å². The highest BCUT2D eigenvalue weighted by atomic mass is 19.4. The number of imidazole rings is 1. The number of alkyl halides is 3. The van der Waals surface area contributed by atoms with Crippen LogP contribution < -0.4 is 5.32 Å². The minimum absolute atomic E-state index is 0.0925. The lowest BCUT2D eigenvalue weighted by Gasteiger charge is -2.32. The quantitative estimate of drug-likeness (QED) is 0.839. The van der Waals surface area contributed by atoms with Crippen LogP contribution in [0.4, 0.5) is 18.9 Å². The second kappa shape index (κ2) is 7.40. The number of nitriles is 1. The van der Waals surface area contributed by atoms with Crippen molar-refractivity contribution in [2.45, 2.75) is 57.3 Å². The molecule has 0 spiro atoms. The number of hydrogen-bond donors (Lipinski definition) is 1. The standard InChI is InChI=1S/C19H21F3N4/c1-2-16-11-24-12-26(16)17-5-3-4-14(8-17)25-15-7-6-13(10-23)18(9-15)19(20,21)22/h6-7,9,11-12,14,17,25H,2-5,8H2,1H3. The third-order valence-corrected chi connectivity index (χ3v) is 4.96. The van der Waals surface area contributed by atoms with Gasteiger partial charge < -0.3 is 9.88 Å². The summed E-state index contributed by atoms with van der Waals surface area (Å²) in [6, 6.07) is 5.83. The van der Waals surface area contributed by atoms with E-state index in [0.29, 0.717) is 11.7 Å². The Balaban J connectivity index is 1.76. The van der Waals surface area contributed by atoms with Crippen LogP contribution in [0.15, 0.2) is 30.7 Å². The van der Waals surface area contributed by atoms with E-state index in [1.54, 1.807) is 12.1 Å². The van der Waals surface area contributed by atoms with E-state index in [4.69, 9.17) is 5.26 Å². The van der Waals surface area contributed by atoms with Gasteiger partial charge in [-0.25, -0.2) is 4.98 Å². The molecule has 1 aliphatic carbocycles. The molecule has 1 heterocycles. The number of nitrogens with zero attached hydrogens (tertiary/aromatic N) is 3. The molecular weight excluding hydrogens is 341 g/mol. The number of anilines is 1. The summed E-state index contributed by atoms with van der Waals surface area (Å²) >= 11 is 0. The molecule has 0 bridgehead atoms. The summed E-state index contributed by atoms with van der Waals surface area (Å²) < 4.78 is 41.6. The van der Waals surface area contributed by atoms with Crippen molar-refractivity contribution in [2.75, 3.05) is 5.32 Å². The van der Waals surface area contributed by atoms with Gasteiger partial charge in [-0.3, -0.25) is 0 Å². The van der Waals surface area contributed by atoms with E-state index < -0.39 is 11.7 Å². The largest absolute Gasteiger partial charge is 0.417 e. The lowest BCUT2D eigenvalue weighted by molar-refractivity contribution is -0.137. The highest BCUT2D eigenvalue weighted by molar-refractivity contribution is 5.53. The number of aryl methyl sites for hydroxylation is 1. The topological polar surface area (TPSA) is 53.6 Å². The zero-order valence-electron chi connectivity index (χ0n) is 14.6. The fourth-order valence-electron chi connectivity index (χ4n) is 3.68. The molecule has 26 heavy (non-hydrogen) atoms. The fourth-order valence-corrected chi connectivity index (χ4v) is 3.68. The molecule has 1 N–H and O–H groups in total. The average molecular weight is 362 g/mol. The van der Waals surface area contributed by atoms with E-state index in [1.165, 1.54) is 11.8 Å². The zero-order valence-corrected chi connectivity index (χ0v) is 14.6. The molecule has 0 saturated heterocycles. The maximum atomic E-state index is 13.1. The molecule has 2 aromatic rings. The van der Waals surface area contributed by atoms with Crippen molar-refractivity contribution in [1.29, 1.82) is 5.26 Å². The number of aromatic nitrogens is 2. The van der Waals surface area contributed by atoms with E-state index in [9.17, 15) is 13.2 Å². The van der Waals surface area contributed by atoms with Crippen molar-refractivity contribution < 1.29 is 13.2 Å². The van der Waals surface area contributed by atoms with Crippen LogP contribution in [-0.4, -0.2) is 15.6 Å². The number of rotatable bonds is 4. The lowest BCUT2D eigenvalue weighted by atomic mass is 9.90. The number of nitrogens with one attached hydrogen (secondary N) is 1. The summed E-state index contributed by atoms with van der Waals surface area (Å²) in [5.74, 6) is 0. The molecule has 1 saturated carbocycles. The molecule has 0 aliphatic heterocycles. The summed E-state index contributed by atoms with van der Waals surface area (Å²) in [4.78, 5) is 4.22. The summed E-state index contributed by atoms with van der Waals surface area (Å²) in [5, 5.41) is 12.1. The zero-order chi connectivity index (χ0) is 18.7. The molecule has 1 aliphatic rings. The van der Waals surface area contributed by atoms with Crippen LogP contribution in [0.25, 0.3) is 0 Å². The Bertz CT molecular complexity index is 804. The summed E-state index contributed by atoms with van der Waals surface area (Å²) in [5.41, 5.74) is 0.340. The molecule has 2 atom stereocenters. The van der Waals surface area contributed by atoms with Gasteiger partial charge in [0.05, 0.1) is 23.5 Å². The van der Waals surface area contributed by atoms with E-state index in [0.717, 1.165) is 38.2 Å². The maximum absolute atomic E-state index is 13.1. The fraction of sp³-hybridized carbons (Fsp3) is 0.474. The Morgan fingerprint density at radius 3 is 2.85 bits per heavy atom. The van der Waals surface area contributed by atoms with Gasteiger partial charge in [-0.05, 0) is 50.3 Å². The Morgan fingerprint density at radius 1 is 1.35 bits per heavy atom. The first-order valence-electron chi connectivity index (χ1n) is 8.81. The van der Waals surface area contributed by atoms with Crippen molar-refractivity contribution in [2.24, 2.45) is 0 Å². The van der Waals surface area contributed by atoms with Crippen molar-refractivity contribution in [3.8, 4) is 6.07 Å². The van der Waals surface area contributed by atoms with Gasteiger partial charge in [0.25, 0.3) is 0 Å². The molecule has 7 heteroatoms. The Kier molecular flexibility index (Phi) is 5.21. The minimum atomic E-state index is -4.54. The van der Waals surface area contributed by atoms with Crippen molar-refractivity contribution in [3.63, 3.8) is 0 Å². The molecule has 2 unspecified atom stereocenters. The van der Waals surface area contributed by atoms with E-state index in [-0.39, 0.29) is 11.6 Å². The molecule has 4 nitrogen and oxygen atoms in total. The van der Waals surface area contributed by atoms with E-state index in [2.05, 4.69) is 21.8 Å². The first-order valence-corrected chi connectivity index (χ1v) is 8.81. The molecule has 138 valence electrons. The van der Waals surface area contributed by atoms with Gasteiger partial charge in [0, 0.05) is 29.7 Å². The van der Waals surface area contributed by atoms with Gasteiger partial charge in [-0.1, -0.05) is 6.92 Å². The SMILES string of the molecule is CCc1cncn1C1CCCC(Nc2ccc(C#N)c(C(F)(F)F)c2)C1. The molecule has 0 amide bonds. The molecule has 0 radical (unpaired) electrons. The van der Waals surface area contributed by atoms with Gasteiger partial charge in [0.1, 0.15) is 0 Å². The third-order valence-electron chi connectivity index (χ3n) is 4.96. The molecule has 3 rings (SSSR count). The van der Waals surface area contributed by atoms with Crippen LogP contribution in [-0.2, 0) is 12.6 Å². The number of hydrogen-bond acceptors (Lipinski definition) is 3. The van der Waals surface area contributed by atoms with Crippen LogP contribution in [0.1, 0.15) is 55.5 Å². The highest BCUT2D eigenvalue weighted by Gasteiger charge is 2.34. The number of halogens is 3. The summed E-state index contributed by atoms with van der Waals surface area (Å²) in [7, 11) is 0. The smallest absolute Gasteiger partial charge is 0.382 e. The van der Waals surface area contributed by atoms with Crippen LogP contribution in [0.5, 0.6) is 0 Å². The van der Waals surface area contributed by atoms with Crippen LogP contribution in [0.3, 0.4) is 0 Å². The number of benzene rings is 1. The Labute approximate surface area is 150 Å². The van der Waals surface area contributed by atoms with Crippen LogP contribution >= 0.6 is 0 Å². The lowest BCUT2D eigenvalue weighted by Crippen LogP contribution is -2.29. The van der Waals surface area contributed by atoms with Crippen LogP contribution in [0, 0.1) is 11.3 Å². The minimum Gasteiger partial charge on any atom is -0.382 e. The first kappa shape index (κ1) is 18.3. The van der Waals surface area contributed by atoms with Crippen molar-refractivity contribution in [3.05, 3.63) is 47.5 Å². The van der Waals surface area contributed by atoms with Gasteiger partial charge in [-0.15, -0.1) is 0 Å². The first-order chi connectivity index (χ1) is 12.4. The predicted octanol–water partition coefficient (Wildman–Crippen LogP) is 4.93. The highest BCUT2D eigenvalue weighted by Crippen LogP contribution is 2.35. The molecular formula is C19H21F3N4. The van der Waals surface area contributed by atoms with Gasteiger partial charge >= 0.3 is 6.18 Å². The van der Waals surface area contributed by atoms with Crippen molar-refractivity contribution >= 4 is 5.69 Å². The third kappa shape index (κ3) is 3.85. The normalized spacial score (nSPS) is 20.6. The Hall–Kier alpha value is -2.49. The van der Waals surface area contributed by atoms with E-state index >= 15 is 0 Å². The molecule has 1 aromatic carbocycles. The summed E-state index contributed by atoms with van der Waals surface area (Å²) in [6.45, 7) is 2.08. The molecule has 1 fully saturated rings. The van der Waals surface area contributed by atoms with Gasteiger partial charge in [0.15, 0.2) is 0 Å². The van der Waals surface area contributed by atoms with E-state index in [1.807, 2.05) is 12.5 Å². The second-order valence-electron chi connectivity index (χ2n) is 6.68.